The van der Waals surface area contributed by atoms with Gasteiger partial charge in [0.1, 0.15) is 0 Å². The fourth-order valence-corrected chi connectivity index (χ4v) is 2.64. The third kappa shape index (κ3) is 5.49. The summed E-state index contributed by atoms with van der Waals surface area (Å²) in [6.45, 7) is 3.23. The van der Waals surface area contributed by atoms with E-state index < -0.39 is 0 Å². The first-order valence-corrected chi connectivity index (χ1v) is 8.04. The summed E-state index contributed by atoms with van der Waals surface area (Å²) >= 11 is 6.28. The maximum Gasteiger partial charge on any atom is 0.0438 e. The molecule has 21 heavy (non-hydrogen) atoms. The molecule has 3 heteroatoms. The zero-order valence-electron chi connectivity index (χ0n) is 12.6. The van der Waals surface area contributed by atoms with Crippen LogP contribution >= 0.6 is 11.6 Å². The van der Waals surface area contributed by atoms with Crippen LogP contribution in [-0.2, 0) is 12.8 Å². The predicted molar refractivity (Wildman–Crippen MR) is 89.8 cm³/mol. The second-order valence-electron chi connectivity index (χ2n) is 5.31. The molecule has 1 N–H and O–H groups in total. The summed E-state index contributed by atoms with van der Waals surface area (Å²) in [6, 6.07) is 14.6. The average Bonchev–Trinajstić information content (AvgIpc) is 2.53. The third-order valence-corrected chi connectivity index (χ3v) is 3.95. The van der Waals surface area contributed by atoms with Gasteiger partial charge < -0.3 is 5.32 Å². The summed E-state index contributed by atoms with van der Waals surface area (Å²) in [6.07, 6.45) is 6.03. The van der Waals surface area contributed by atoms with Crippen molar-refractivity contribution in [3.63, 3.8) is 0 Å². The second-order valence-corrected chi connectivity index (χ2v) is 5.71. The van der Waals surface area contributed by atoms with Gasteiger partial charge in [0, 0.05) is 23.0 Å². The molecule has 1 aromatic heterocycles. The Morgan fingerprint density at radius 2 is 1.95 bits per heavy atom. The van der Waals surface area contributed by atoms with Crippen LogP contribution in [0.3, 0.4) is 0 Å². The van der Waals surface area contributed by atoms with E-state index in [1.807, 2.05) is 30.5 Å². The van der Waals surface area contributed by atoms with Gasteiger partial charge >= 0.3 is 0 Å². The lowest BCUT2D eigenvalue weighted by molar-refractivity contribution is 0.476. The summed E-state index contributed by atoms with van der Waals surface area (Å²) in [5, 5.41) is 4.49. The predicted octanol–water partition coefficient (Wildman–Crippen LogP) is 4.28. The standard InChI is InChI=1S/C18H23ClN2/c1-2-12-20-17(11-10-16-8-5-6-13-21-16)14-15-7-3-4-9-18(15)19/h3-9,13,17,20H,2,10-12,14H2,1H3. The van der Waals surface area contributed by atoms with E-state index in [2.05, 4.69) is 35.4 Å². The van der Waals surface area contributed by atoms with Gasteiger partial charge in [-0.25, -0.2) is 0 Å². The molecule has 1 heterocycles. The molecule has 0 saturated heterocycles. The average molecular weight is 303 g/mol. The van der Waals surface area contributed by atoms with Crippen LogP contribution in [-0.4, -0.2) is 17.6 Å². The number of aryl methyl sites for hydroxylation is 1. The molecular weight excluding hydrogens is 280 g/mol. The molecule has 0 amide bonds. The van der Waals surface area contributed by atoms with E-state index in [4.69, 9.17) is 11.6 Å². The van der Waals surface area contributed by atoms with Gasteiger partial charge in [0.15, 0.2) is 0 Å². The monoisotopic (exact) mass is 302 g/mol. The first kappa shape index (κ1) is 16.0. The highest BCUT2D eigenvalue weighted by Gasteiger charge is 2.11. The van der Waals surface area contributed by atoms with Gasteiger partial charge in [-0.1, -0.05) is 42.8 Å². The van der Waals surface area contributed by atoms with Crippen molar-refractivity contribution in [3.8, 4) is 0 Å². The molecule has 0 bridgehead atoms. The highest BCUT2D eigenvalue weighted by atomic mass is 35.5. The van der Waals surface area contributed by atoms with E-state index in [1.54, 1.807) is 0 Å². The minimum atomic E-state index is 0.437. The first-order valence-electron chi connectivity index (χ1n) is 7.66. The second kappa shape index (κ2) is 8.81. The quantitative estimate of drug-likeness (QED) is 0.787. The van der Waals surface area contributed by atoms with E-state index in [9.17, 15) is 0 Å². The Balaban J connectivity index is 1.96. The van der Waals surface area contributed by atoms with Crippen LogP contribution in [0.1, 0.15) is 31.0 Å². The number of rotatable bonds is 8. The summed E-state index contributed by atoms with van der Waals surface area (Å²) in [7, 11) is 0. The van der Waals surface area contributed by atoms with Crippen LogP contribution < -0.4 is 5.32 Å². The molecule has 0 radical (unpaired) electrons. The number of pyridine rings is 1. The zero-order chi connectivity index (χ0) is 14.9. The molecule has 0 aliphatic heterocycles. The van der Waals surface area contributed by atoms with Crippen LogP contribution in [0.2, 0.25) is 5.02 Å². The van der Waals surface area contributed by atoms with Crippen molar-refractivity contribution in [2.45, 2.75) is 38.6 Å². The highest BCUT2D eigenvalue weighted by Crippen LogP contribution is 2.18. The fraction of sp³-hybridized carbons (Fsp3) is 0.389. The number of nitrogens with zero attached hydrogens (tertiary/aromatic N) is 1. The Morgan fingerprint density at radius 1 is 1.14 bits per heavy atom. The molecular formula is C18H23ClN2. The summed E-state index contributed by atoms with van der Waals surface area (Å²) < 4.78 is 0. The molecule has 0 saturated carbocycles. The lowest BCUT2D eigenvalue weighted by Gasteiger charge is -2.19. The maximum absolute atomic E-state index is 6.28. The van der Waals surface area contributed by atoms with E-state index in [1.165, 1.54) is 5.56 Å². The van der Waals surface area contributed by atoms with E-state index in [-0.39, 0.29) is 0 Å². The largest absolute Gasteiger partial charge is 0.314 e. The number of hydrogen-bond donors (Lipinski definition) is 1. The van der Waals surface area contributed by atoms with Crippen molar-refractivity contribution in [1.29, 1.82) is 0 Å². The van der Waals surface area contributed by atoms with E-state index in [0.29, 0.717) is 6.04 Å². The molecule has 2 nitrogen and oxygen atoms in total. The Kier molecular flexibility index (Phi) is 6.71. The van der Waals surface area contributed by atoms with Gasteiger partial charge in [-0.05, 0) is 56.0 Å². The van der Waals surface area contributed by atoms with Crippen molar-refractivity contribution in [3.05, 3.63) is 64.9 Å². The Labute approximate surface area is 132 Å². The molecule has 0 aliphatic rings. The Morgan fingerprint density at radius 3 is 2.67 bits per heavy atom. The van der Waals surface area contributed by atoms with Crippen LogP contribution in [0, 0.1) is 0 Å². The molecule has 1 atom stereocenters. The minimum absolute atomic E-state index is 0.437. The number of benzene rings is 1. The molecule has 1 aromatic carbocycles. The minimum Gasteiger partial charge on any atom is -0.314 e. The van der Waals surface area contributed by atoms with Gasteiger partial charge in [0.2, 0.25) is 0 Å². The Hall–Kier alpha value is -1.38. The smallest absolute Gasteiger partial charge is 0.0438 e. The SMILES string of the molecule is CCCNC(CCc1ccccn1)Cc1ccccc1Cl. The first-order chi connectivity index (χ1) is 10.3. The molecule has 0 aliphatic carbocycles. The van der Waals surface area contributed by atoms with Crippen molar-refractivity contribution in [2.24, 2.45) is 0 Å². The summed E-state index contributed by atoms with van der Waals surface area (Å²) in [5.74, 6) is 0. The van der Waals surface area contributed by atoms with Gasteiger partial charge in [0.05, 0.1) is 0 Å². The number of aromatic nitrogens is 1. The van der Waals surface area contributed by atoms with Crippen molar-refractivity contribution < 1.29 is 0 Å². The van der Waals surface area contributed by atoms with Crippen molar-refractivity contribution >= 4 is 11.6 Å². The maximum atomic E-state index is 6.28. The fourth-order valence-electron chi connectivity index (χ4n) is 2.42. The Bertz CT molecular complexity index is 528. The van der Waals surface area contributed by atoms with Crippen LogP contribution in [0.4, 0.5) is 0 Å². The van der Waals surface area contributed by atoms with Gasteiger partial charge in [0.25, 0.3) is 0 Å². The summed E-state index contributed by atoms with van der Waals surface area (Å²) in [4.78, 5) is 4.40. The van der Waals surface area contributed by atoms with Crippen molar-refractivity contribution in [1.82, 2.24) is 10.3 Å². The molecule has 0 fully saturated rings. The molecule has 0 spiro atoms. The number of halogens is 1. The highest BCUT2D eigenvalue weighted by molar-refractivity contribution is 6.31. The molecule has 2 aromatic rings. The number of hydrogen-bond acceptors (Lipinski definition) is 2. The lowest BCUT2D eigenvalue weighted by Crippen LogP contribution is -2.32. The molecule has 112 valence electrons. The lowest BCUT2D eigenvalue weighted by atomic mass is 10.0. The normalized spacial score (nSPS) is 12.3. The molecule has 1 unspecified atom stereocenters. The van der Waals surface area contributed by atoms with Crippen molar-refractivity contribution in [2.75, 3.05) is 6.54 Å². The number of nitrogens with one attached hydrogen (secondary N) is 1. The van der Waals surface area contributed by atoms with Crippen LogP contribution in [0.5, 0.6) is 0 Å². The molecule has 2 rings (SSSR count). The van der Waals surface area contributed by atoms with Crippen LogP contribution in [0.25, 0.3) is 0 Å². The zero-order valence-corrected chi connectivity index (χ0v) is 13.3. The van der Waals surface area contributed by atoms with E-state index in [0.717, 1.165) is 42.9 Å². The summed E-state index contributed by atoms with van der Waals surface area (Å²) in [5.41, 5.74) is 2.37. The van der Waals surface area contributed by atoms with Gasteiger partial charge in [-0.15, -0.1) is 0 Å². The van der Waals surface area contributed by atoms with Gasteiger partial charge in [-0.3, -0.25) is 4.98 Å². The van der Waals surface area contributed by atoms with E-state index >= 15 is 0 Å². The third-order valence-electron chi connectivity index (χ3n) is 3.58. The van der Waals surface area contributed by atoms with Crippen LogP contribution in [0.15, 0.2) is 48.7 Å². The van der Waals surface area contributed by atoms with Gasteiger partial charge in [-0.2, -0.15) is 0 Å². The topological polar surface area (TPSA) is 24.9 Å².